The van der Waals surface area contributed by atoms with Gasteiger partial charge in [0.15, 0.2) is 5.82 Å². The quantitative estimate of drug-likeness (QED) is 0.764. The van der Waals surface area contributed by atoms with Gasteiger partial charge in [-0.3, -0.25) is 0 Å². The number of para-hydroxylation sites is 1. The first-order valence-electron chi connectivity index (χ1n) is 7.58. The average molecular weight is 332 g/mol. The van der Waals surface area contributed by atoms with E-state index in [1.807, 2.05) is 26.8 Å². The van der Waals surface area contributed by atoms with Crippen LogP contribution < -0.4 is 5.32 Å². The first-order valence-corrected chi connectivity index (χ1v) is 7.58. The second kappa shape index (κ2) is 6.14. The Morgan fingerprint density at radius 3 is 2.58 bits per heavy atom. The number of fused-ring (bicyclic) bond motifs is 1. The van der Waals surface area contributed by atoms with Gasteiger partial charge in [-0.15, -0.1) is 0 Å². The number of anilines is 1. The van der Waals surface area contributed by atoms with Crippen LogP contribution in [0.15, 0.2) is 34.9 Å². The minimum atomic E-state index is -2.73. The number of benzene rings is 1. The van der Waals surface area contributed by atoms with Crippen molar-refractivity contribution in [2.24, 2.45) is 0 Å². The first-order chi connectivity index (χ1) is 11.3. The number of oxazole rings is 1. The molecule has 1 aromatic carbocycles. The Morgan fingerprint density at radius 1 is 1.17 bits per heavy atom. The first kappa shape index (κ1) is 16.3. The van der Waals surface area contributed by atoms with Crippen molar-refractivity contribution in [3.63, 3.8) is 0 Å². The van der Waals surface area contributed by atoms with E-state index in [0.717, 1.165) is 5.76 Å². The third-order valence-electron chi connectivity index (χ3n) is 3.52. The third kappa shape index (κ3) is 3.34. The molecule has 0 saturated heterocycles. The Hall–Kier alpha value is -2.57. The molecule has 1 N–H and O–H groups in total. The van der Waals surface area contributed by atoms with Crippen LogP contribution in [0.5, 0.6) is 0 Å². The number of hydrogen-bond donors (Lipinski definition) is 1. The van der Waals surface area contributed by atoms with E-state index in [1.165, 1.54) is 0 Å². The fraction of sp³-hybridized carbons (Fsp3) is 0.353. The van der Waals surface area contributed by atoms with Crippen LogP contribution in [0.1, 0.15) is 44.7 Å². The zero-order chi connectivity index (χ0) is 17.3. The second-order valence-corrected chi connectivity index (χ2v) is 6.47. The lowest BCUT2D eigenvalue weighted by molar-refractivity contribution is 0.141. The highest BCUT2D eigenvalue weighted by molar-refractivity contribution is 5.88. The van der Waals surface area contributed by atoms with Crippen molar-refractivity contribution < 1.29 is 13.2 Å². The summed E-state index contributed by atoms with van der Waals surface area (Å²) in [5.41, 5.74) is 0.323. The molecule has 0 amide bonds. The van der Waals surface area contributed by atoms with E-state index in [0.29, 0.717) is 22.6 Å². The van der Waals surface area contributed by atoms with Gasteiger partial charge in [-0.25, -0.2) is 23.7 Å². The minimum absolute atomic E-state index is 0.143. The number of nitrogens with zero attached hydrogens (tertiary/aromatic N) is 3. The van der Waals surface area contributed by atoms with Crippen molar-refractivity contribution in [1.29, 1.82) is 0 Å². The molecule has 0 unspecified atom stereocenters. The second-order valence-electron chi connectivity index (χ2n) is 6.47. The Morgan fingerprint density at radius 2 is 1.92 bits per heavy atom. The molecule has 0 atom stereocenters. The number of aromatic nitrogens is 3. The summed E-state index contributed by atoms with van der Waals surface area (Å²) in [5.74, 6) is 1.08. The van der Waals surface area contributed by atoms with Crippen LogP contribution in [0, 0.1) is 0 Å². The van der Waals surface area contributed by atoms with Gasteiger partial charge in [0.25, 0.3) is 6.43 Å². The molecule has 7 heteroatoms. The minimum Gasteiger partial charge on any atom is -0.443 e. The van der Waals surface area contributed by atoms with E-state index in [9.17, 15) is 8.78 Å². The molecule has 2 heterocycles. The van der Waals surface area contributed by atoms with Gasteiger partial charge < -0.3 is 9.73 Å². The van der Waals surface area contributed by atoms with Crippen LogP contribution in [0.3, 0.4) is 0 Å². The van der Waals surface area contributed by atoms with Crippen molar-refractivity contribution in [3.05, 3.63) is 47.9 Å². The molecule has 0 radical (unpaired) electrons. The lowest BCUT2D eigenvalue weighted by Gasteiger charge is -2.13. The lowest BCUT2D eigenvalue weighted by Crippen LogP contribution is -2.09. The maximum Gasteiger partial charge on any atom is 0.297 e. The van der Waals surface area contributed by atoms with Gasteiger partial charge >= 0.3 is 0 Å². The van der Waals surface area contributed by atoms with Crippen molar-refractivity contribution >= 4 is 16.7 Å². The summed E-state index contributed by atoms with van der Waals surface area (Å²) in [6, 6.07) is 7.01. The molecule has 0 spiro atoms. The molecule has 0 fully saturated rings. The van der Waals surface area contributed by atoms with Gasteiger partial charge in [0.1, 0.15) is 11.6 Å². The summed E-state index contributed by atoms with van der Waals surface area (Å²) in [7, 11) is 0. The van der Waals surface area contributed by atoms with Crippen LogP contribution in [0.4, 0.5) is 14.6 Å². The molecule has 0 saturated carbocycles. The molecule has 0 aliphatic carbocycles. The summed E-state index contributed by atoms with van der Waals surface area (Å²) in [6.45, 7) is 6.33. The summed E-state index contributed by atoms with van der Waals surface area (Å²) in [4.78, 5) is 12.0. The van der Waals surface area contributed by atoms with Crippen LogP contribution in [-0.4, -0.2) is 15.0 Å². The number of alkyl halides is 2. The maximum absolute atomic E-state index is 13.0. The number of hydrogen-bond acceptors (Lipinski definition) is 5. The predicted molar refractivity (Wildman–Crippen MR) is 87.0 cm³/mol. The summed E-state index contributed by atoms with van der Waals surface area (Å²) in [5, 5.41) is 3.69. The van der Waals surface area contributed by atoms with E-state index in [1.54, 1.807) is 24.4 Å². The van der Waals surface area contributed by atoms with Gasteiger partial charge in [0.05, 0.1) is 18.3 Å². The van der Waals surface area contributed by atoms with Gasteiger partial charge in [0.2, 0.25) is 5.89 Å². The van der Waals surface area contributed by atoms with Gasteiger partial charge in [-0.2, -0.15) is 0 Å². The van der Waals surface area contributed by atoms with E-state index in [4.69, 9.17) is 4.42 Å². The van der Waals surface area contributed by atoms with Crippen LogP contribution >= 0.6 is 0 Å². The Labute approximate surface area is 138 Å². The zero-order valence-corrected chi connectivity index (χ0v) is 13.7. The highest BCUT2D eigenvalue weighted by Gasteiger charge is 2.19. The van der Waals surface area contributed by atoms with Crippen LogP contribution in [0.2, 0.25) is 0 Å². The monoisotopic (exact) mass is 332 g/mol. The Bertz CT molecular complexity index is 855. The largest absolute Gasteiger partial charge is 0.443 e. The predicted octanol–water partition coefficient (Wildman–Crippen LogP) is 4.47. The molecule has 3 aromatic rings. The molecule has 126 valence electrons. The van der Waals surface area contributed by atoms with E-state index >= 15 is 0 Å². The topological polar surface area (TPSA) is 63.8 Å². The molecule has 0 bridgehead atoms. The SMILES string of the molecule is CC(C)(C)c1cnc(CNc2nc(C(F)F)nc3ccccc23)o1. The van der Waals surface area contributed by atoms with Gasteiger partial charge in [-0.1, -0.05) is 32.9 Å². The number of halogens is 2. The molecule has 5 nitrogen and oxygen atoms in total. The normalized spacial score (nSPS) is 12.1. The third-order valence-corrected chi connectivity index (χ3v) is 3.52. The summed E-state index contributed by atoms with van der Waals surface area (Å²) >= 11 is 0. The number of nitrogens with one attached hydrogen (secondary N) is 1. The van der Waals surface area contributed by atoms with Gasteiger partial charge in [-0.05, 0) is 12.1 Å². The van der Waals surface area contributed by atoms with Gasteiger partial charge in [0, 0.05) is 10.8 Å². The molecule has 2 aromatic heterocycles. The van der Waals surface area contributed by atoms with Crippen molar-refractivity contribution in [3.8, 4) is 0 Å². The lowest BCUT2D eigenvalue weighted by atomic mass is 9.94. The van der Waals surface area contributed by atoms with Crippen molar-refractivity contribution in [1.82, 2.24) is 15.0 Å². The Balaban J connectivity index is 1.88. The van der Waals surface area contributed by atoms with Crippen LogP contribution in [0.25, 0.3) is 10.9 Å². The fourth-order valence-electron chi connectivity index (χ4n) is 2.22. The standard InChI is InChI=1S/C17H18F2N4O/c1-17(2,3)12-8-20-13(24-12)9-21-15-10-6-4-5-7-11(10)22-16(23-15)14(18)19/h4-8,14H,9H2,1-3H3,(H,21,22,23). The van der Waals surface area contributed by atoms with Crippen molar-refractivity contribution in [2.75, 3.05) is 5.32 Å². The van der Waals surface area contributed by atoms with Crippen LogP contribution in [-0.2, 0) is 12.0 Å². The van der Waals surface area contributed by atoms with E-state index < -0.39 is 12.2 Å². The smallest absolute Gasteiger partial charge is 0.297 e. The zero-order valence-electron chi connectivity index (χ0n) is 13.7. The average Bonchev–Trinajstić information content (AvgIpc) is 3.01. The highest BCUT2D eigenvalue weighted by atomic mass is 19.3. The molecule has 0 aliphatic heterocycles. The Kier molecular flexibility index (Phi) is 4.17. The van der Waals surface area contributed by atoms with Crippen molar-refractivity contribution in [2.45, 2.75) is 39.2 Å². The van der Waals surface area contributed by atoms with E-state index in [2.05, 4.69) is 20.3 Å². The fourth-order valence-corrected chi connectivity index (χ4v) is 2.22. The number of rotatable bonds is 4. The summed E-state index contributed by atoms with van der Waals surface area (Å²) < 4.78 is 31.7. The molecule has 24 heavy (non-hydrogen) atoms. The van der Waals surface area contributed by atoms with E-state index in [-0.39, 0.29) is 12.0 Å². The molecular formula is C17H18F2N4O. The summed E-state index contributed by atoms with van der Waals surface area (Å²) in [6.07, 6.45) is -1.05. The molecule has 0 aliphatic rings. The molecular weight excluding hydrogens is 314 g/mol. The molecule has 3 rings (SSSR count). The highest BCUT2D eigenvalue weighted by Crippen LogP contribution is 2.26. The maximum atomic E-state index is 13.0.